The SMILES string of the molecule is CCNC1(CO)CCC(N2CCCC2C2CCCC2)C1. The van der Waals surface area contributed by atoms with Gasteiger partial charge in [0.25, 0.3) is 0 Å². The molecular weight excluding hydrogens is 248 g/mol. The van der Waals surface area contributed by atoms with Gasteiger partial charge in [0.2, 0.25) is 0 Å². The Kier molecular flexibility index (Phi) is 4.68. The summed E-state index contributed by atoms with van der Waals surface area (Å²) in [6, 6.07) is 1.58. The van der Waals surface area contributed by atoms with Crippen LogP contribution in [0, 0.1) is 5.92 Å². The van der Waals surface area contributed by atoms with Crippen molar-refractivity contribution in [3.63, 3.8) is 0 Å². The number of hydrogen-bond acceptors (Lipinski definition) is 3. The highest BCUT2D eigenvalue weighted by atomic mass is 16.3. The lowest BCUT2D eigenvalue weighted by Gasteiger charge is -2.36. The first-order valence-corrected chi connectivity index (χ1v) is 8.89. The Hall–Kier alpha value is -0.120. The Balaban J connectivity index is 1.64. The van der Waals surface area contributed by atoms with Gasteiger partial charge in [0, 0.05) is 17.6 Å². The Bertz CT molecular complexity index is 316. The first-order valence-electron chi connectivity index (χ1n) is 8.89. The van der Waals surface area contributed by atoms with E-state index < -0.39 is 0 Å². The van der Waals surface area contributed by atoms with Gasteiger partial charge >= 0.3 is 0 Å². The van der Waals surface area contributed by atoms with E-state index in [1.54, 1.807) is 0 Å². The molecule has 2 N–H and O–H groups in total. The molecule has 0 amide bonds. The predicted octanol–water partition coefficient (Wildman–Crippen LogP) is 2.53. The minimum Gasteiger partial charge on any atom is -0.394 e. The molecular formula is C17H32N2O. The molecule has 3 fully saturated rings. The van der Waals surface area contributed by atoms with Crippen LogP contribution in [-0.2, 0) is 0 Å². The Labute approximate surface area is 124 Å². The van der Waals surface area contributed by atoms with Crippen LogP contribution in [-0.4, -0.2) is 47.3 Å². The van der Waals surface area contributed by atoms with Crippen molar-refractivity contribution < 1.29 is 5.11 Å². The summed E-state index contributed by atoms with van der Waals surface area (Å²) in [4.78, 5) is 2.84. The molecule has 3 atom stereocenters. The lowest BCUT2D eigenvalue weighted by Crippen LogP contribution is -2.49. The van der Waals surface area contributed by atoms with Crippen LogP contribution in [0.5, 0.6) is 0 Å². The molecule has 2 saturated carbocycles. The van der Waals surface area contributed by atoms with Crippen LogP contribution >= 0.6 is 0 Å². The van der Waals surface area contributed by atoms with Crippen molar-refractivity contribution in [3.8, 4) is 0 Å². The lowest BCUT2D eigenvalue weighted by molar-refractivity contribution is 0.116. The second-order valence-corrected chi connectivity index (χ2v) is 7.36. The number of likely N-dealkylation sites (tertiary alicyclic amines) is 1. The summed E-state index contributed by atoms with van der Waals surface area (Å²) < 4.78 is 0. The fourth-order valence-electron chi connectivity index (χ4n) is 5.23. The van der Waals surface area contributed by atoms with Crippen molar-refractivity contribution >= 4 is 0 Å². The zero-order valence-electron chi connectivity index (χ0n) is 13.1. The molecule has 3 unspecified atom stereocenters. The van der Waals surface area contributed by atoms with E-state index in [0.29, 0.717) is 12.6 Å². The quantitative estimate of drug-likeness (QED) is 0.812. The first-order chi connectivity index (χ1) is 9.78. The zero-order valence-corrected chi connectivity index (χ0v) is 13.1. The third-order valence-electron chi connectivity index (χ3n) is 6.19. The van der Waals surface area contributed by atoms with Crippen LogP contribution in [0.15, 0.2) is 0 Å². The number of hydrogen-bond donors (Lipinski definition) is 2. The number of aliphatic hydroxyl groups is 1. The smallest absolute Gasteiger partial charge is 0.0613 e. The monoisotopic (exact) mass is 280 g/mol. The van der Waals surface area contributed by atoms with E-state index in [9.17, 15) is 5.11 Å². The van der Waals surface area contributed by atoms with Gasteiger partial charge in [0.05, 0.1) is 6.61 Å². The lowest BCUT2D eigenvalue weighted by atomic mass is 9.94. The molecule has 2 aliphatic carbocycles. The normalized spacial score (nSPS) is 39.9. The van der Waals surface area contributed by atoms with Gasteiger partial charge in [-0.05, 0) is 64.0 Å². The Morgan fingerprint density at radius 3 is 2.65 bits per heavy atom. The largest absolute Gasteiger partial charge is 0.394 e. The van der Waals surface area contributed by atoms with Gasteiger partial charge in [-0.3, -0.25) is 4.90 Å². The number of rotatable bonds is 5. The van der Waals surface area contributed by atoms with E-state index in [2.05, 4.69) is 17.1 Å². The molecule has 1 saturated heterocycles. The predicted molar refractivity (Wildman–Crippen MR) is 82.8 cm³/mol. The molecule has 0 spiro atoms. The molecule has 0 radical (unpaired) electrons. The van der Waals surface area contributed by atoms with Crippen molar-refractivity contribution in [2.45, 2.75) is 82.3 Å². The van der Waals surface area contributed by atoms with Crippen LogP contribution < -0.4 is 5.32 Å². The average Bonchev–Trinajstić information content (AvgIpc) is 3.19. The third kappa shape index (κ3) is 2.77. The third-order valence-corrected chi connectivity index (χ3v) is 6.19. The molecule has 0 aromatic heterocycles. The summed E-state index contributed by atoms with van der Waals surface area (Å²) in [7, 11) is 0. The molecule has 20 heavy (non-hydrogen) atoms. The van der Waals surface area contributed by atoms with Crippen LogP contribution in [0.25, 0.3) is 0 Å². The highest BCUT2D eigenvalue weighted by Crippen LogP contribution is 2.41. The van der Waals surface area contributed by atoms with Gasteiger partial charge < -0.3 is 10.4 Å². The summed E-state index contributed by atoms with van der Waals surface area (Å²) in [6.45, 7) is 4.74. The number of nitrogens with zero attached hydrogens (tertiary/aromatic N) is 1. The zero-order chi connectivity index (χ0) is 14.0. The van der Waals surface area contributed by atoms with E-state index in [0.717, 1.165) is 31.3 Å². The molecule has 0 aromatic rings. The Morgan fingerprint density at radius 1 is 1.15 bits per heavy atom. The van der Waals surface area contributed by atoms with Gasteiger partial charge in [0.15, 0.2) is 0 Å². The number of aliphatic hydroxyl groups excluding tert-OH is 1. The molecule has 3 heteroatoms. The van der Waals surface area contributed by atoms with E-state index in [4.69, 9.17) is 0 Å². The van der Waals surface area contributed by atoms with Crippen LogP contribution in [0.4, 0.5) is 0 Å². The summed E-state index contributed by atoms with van der Waals surface area (Å²) in [6.07, 6.45) is 12.2. The second kappa shape index (κ2) is 6.33. The molecule has 116 valence electrons. The van der Waals surface area contributed by atoms with Gasteiger partial charge in [0.1, 0.15) is 0 Å². The molecule has 1 heterocycles. The van der Waals surface area contributed by atoms with Crippen LogP contribution in [0.1, 0.15) is 64.7 Å². The molecule has 1 aliphatic heterocycles. The number of likely N-dealkylation sites (N-methyl/N-ethyl adjacent to an activating group) is 1. The van der Waals surface area contributed by atoms with Crippen LogP contribution in [0.3, 0.4) is 0 Å². The van der Waals surface area contributed by atoms with E-state index in [1.165, 1.54) is 51.5 Å². The minimum atomic E-state index is 0.0161. The van der Waals surface area contributed by atoms with Crippen LogP contribution in [0.2, 0.25) is 0 Å². The summed E-state index contributed by atoms with van der Waals surface area (Å²) in [5, 5.41) is 13.4. The molecule has 3 aliphatic rings. The van der Waals surface area contributed by atoms with Crippen molar-refractivity contribution in [2.24, 2.45) is 5.92 Å². The molecule has 0 bridgehead atoms. The van der Waals surface area contributed by atoms with E-state index in [-0.39, 0.29) is 5.54 Å². The van der Waals surface area contributed by atoms with Gasteiger partial charge in [-0.15, -0.1) is 0 Å². The maximum Gasteiger partial charge on any atom is 0.0613 e. The average molecular weight is 280 g/mol. The molecule has 0 aromatic carbocycles. The summed E-state index contributed by atoms with van der Waals surface area (Å²) >= 11 is 0. The standard InChI is InChI=1S/C17H32N2O/c1-2-18-17(13-20)10-9-15(12-17)19-11-5-8-16(19)14-6-3-4-7-14/h14-16,18,20H,2-13H2,1H3. The van der Waals surface area contributed by atoms with Gasteiger partial charge in [-0.2, -0.15) is 0 Å². The van der Waals surface area contributed by atoms with Crippen molar-refractivity contribution in [2.75, 3.05) is 19.7 Å². The summed E-state index contributed by atoms with van der Waals surface area (Å²) in [5.74, 6) is 0.973. The number of nitrogens with one attached hydrogen (secondary N) is 1. The van der Waals surface area contributed by atoms with E-state index in [1.807, 2.05) is 0 Å². The summed E-state index contributed by atoms with van der Waals surface area (Å²) in [5.41, 5.74) is 0.0161. The maximum atomic E-state index is 9.80. The minimum absolute atomic E-state index is 0.0161. The van der Waals surface area contributed by atoms with Gasteiger partial charge in [-0.1, -0.05) is 19.8 Å². The topological polar surface area (TPSA) is 35.5 Å². The fourth-order valence-corrected chi connectivity index (χ4v) is 5.23. The van der Waals surface area contributed by atoms with Crippen molar-refractivity contribution in [3.05, 3.63) is 0 Å². The van der Waals surface area contributed by atoms with Crippen molar-refractivity contribution in [1.82, 2.24) is 10.2 Å². The second-order valence-electron chi connectivity index (χ2n) is 7.36. The van der Waals surface area contributed by atoms with E-state index >= 15 is 0 Å². The highest BCUT2D eigenvalue weighted by Gasteiger charge is 2.44. The first kappa shape index (κ1) is 14.8. The fraction of sp³-hybridized carbons (Fsp3) is 1.00. The maximum absolute atomic E-state index is 9.80. The Morgan fingerprint density at radius 2 is 1.95 bits per heavy atom. The highest BCUT2D eigenvalue weighted by molar-refractivity contribution is 5.02. The molecule has 3 rings (SSSR count). The van der Waals surface area contributed by atoms with Crippen molar-refractivity contribution in [1.29, 1.82) is 0 Å². The van der Waals surface area contributed by atoms with Gasteiger partial charge in [-0.25, -0.2) is 0 Å². The molecule has 3 nitrogen and oxygen atoms in total.